The van der Waals surface area contributed by atoms with E-state index in [9.17, 15) is 0 Å². The fraction of sp³-hybridized carbons (Fsp3) is 0.750. The lowest BCUT2D eigenvalue weighted by Gasteiger charge is -2.30. The Morgan fingerprint density at radius 2 is 2.00 bits per heavy atom. The Hall–Kier alpha value is -1.16. The van der Waals surface area contributed by atoms with Crippen LogP contribution in [0.25, 0.3) is 0 Å². The van der Waals surface area contributed by atoms with Gasteiger partial charge in [-0.25, -0.2) is 9.97 Å². The minimum atomic E-state index is 0.764. The summed E-state index contributed by atoms with van der Waals surface area (Å²) in [6, 6.07) is 0. The number of piperidine rings is 1. The summed E-state index contributed by atoms with van der Waals surface area (Å²) >= 11 is 0. The van der Waals surface area contributed by atoms with Crippen molar-refractivity contribution in [2.24, 2.45) is 5.92 Å². The summed E-state index contributed by atoms with van der Waals surface area (Å²) in [5.74, 6) is 1.69. The van der Waals surface area contributed by atoms with Crippen molar-refractivity contribution in [1.29, 1.82) is 0 Å². The first kappa shape index (κ1) is 15.2. The van der Waals surface area contributed by atoms with E-state index in [0.29, 0.717) is 0 Å². The predicted octanol–water partition coefficient (Wildman–Crippen LogP) is 3.02. The van der Waals surface area contributed by atoms with Crippen molar-refractivity contribution < 1.29 is 0 Å². The Morgan fingerprint density at radius 3 is 2.70 bits per heavy atom. The van der Waals surface area contributed by atoms with Crippen molar-refractivity contribution in [3.05, 3.63) is 17.5 Å². The highest BCUT2D eigenvalue weighted by molar-refractivity contribution is 5.28. The van der Waals surface area contributed by atoms with E-state index in [1.54, 1.807) is 0 Å². The lowest BCUT2D eigenvalue weighted by Crippen LogP contribution is -2.33. The Bertz CT molecular complexity index is 411. The molecule has 0 saturated carbocycles. The molecule has 2 rings (SSSR count). The number of aryl methyl sites for hydroxylation is 2. The fourth-order valence-electron chi connectivity index (χ4n) is 2.56. The summed E-state index contributed by atoms with van der Waals surface area (Å²) in [5.41, 5.74) is 2.21. The molecular weight excluding hydrogens is 248 g/mol. The van der Waals surface area contributed by atoms with Gasteiger partial charge in [0.1, 0.15) is 0 Å². The quantitative estimate of drug-likeness (QED) is 0.811. The van der Waals surface area contributed by atoms with Gasteiger partial charge in [0.05, 0.1) is 0 Å². The SMILES string of the molecule is Cc1cnc(NCCCCN2CCC(C)CC2)nc1C. The molecule has 0 unspecified atom stereocenters. The topological polar surface area (TPSA) is 41.1 Å². The van der Waals surface area contributed by atoms with Crippen LogP contribution in [0.4, 0.5) is 5.95 Å². The summed E-state index contributed by atoms with van der Waals surface area (Å²) in [6.45, 7) is 11.2. The van der Waals surface area contributed by atoms with Crippen LogP contribution in [0.2, 0.25) is 0 Å². The monoisotopic (exact) mass is 276 g/mol. The Balaban J connectivity index is 1.58. The highest BCUT2D eigenvalue weighted by Gasteiger charge is 2.14. The maximum Gasteiger partial charge on any atom is 0.222 e. The lowest BCUT2D eigenvalue weighted by molar-refractivity contribution is 0.190. The van der Waals surface area contributed by atoms with Crippen LogP contribution in [0.15, 0.2) is 6.20 Å². The van der Waals surface area contributed by atoms with E-state index in [2.05, 4.69) is 27.1 Å². The minimum Gasteiger partial charge on any atom is -0.354 e. The molecule has 1 saturated heterocycles. The Morgan fingerprint density at radius 1 is 1.25 bits per heavy atom. The van der Waals surface area contributed by atoms with Crippen LogP contribution >= 0.6 is 0 Å². The zero-order chi connectivity index (χ0) is 14.4. The maximum atomic E-state index is 4.44. The molecule has 0 bridgehead atoms. The van der Waals surface area contributed by atoms with Crippen molar-refractivity contribution in [2.75, 3.05) is 31.5 Å². The van der Waals surface area contributed by atoms with Gasteiger partial charge in [-0.05, 0) is 70.6 Å². The number of unbranched alkanes of at least 4 members (excludes halogenated alkanes) is 1. The molecule has 0 radical (unpaired) electrons. The van der Waals surface area contributed by atoms with Gasteiger partial charge in [-0.2, -0.15) is 0 Å². The molecule has 1 aromatic heterocycles. The van der Waals surface area contributed by atoms with E-state index in [-0.39, 0.29) is 0 Å². The summed E-state index contributed by atoms with van der Waals surface area (Å²) < 4.78 is 0. The first-order valence-electron chi connectivity index (χ1n) is 7.91. The van der Waals surface area contributed by atoms with Crippen LogP contribution in [0.5, 0.6) is 0 Å². The second kappa shape index (κ2) is 7.58. The molecular formula is C16H28N4. The smallest absolute Gasteiger partial charge is 0.222 e. The van der Waals surface area contributed by atoms with Crippen molar-refractivity contribution in [3.63, 3.8) is 0 Å². The number of anilines is 1. The molecule has 0 amide bonds. The summed E-state index contributed by atoms with van der Waals surface area (Å²) in [4.78, 5) is 11.3. The van der Waals surface area contributed by atoms with Crippen LogP contribution in [-0.2, 0) is 0 Å². The molecule has 0 atom stereocenters. The molecule has 1 N–H and O–H groups in total. The Kier molecular flexibility index (Phi) is 5.77. The van der Waals surface area contributed by atoms with Gasteiger partial charge in [0.25, 0.3) is 0 Å². The average Bonchev–Trinajstić information content (AvgIpc) is 2.44. The highest BCUT2D eigenvalue weighted by atomic mass is 15.1. The molecule has 0 aliphatic carbocycles. The number of nitrogens with zero attached hydrogens (tertiary/aromatic N) is 3. The van der Waals surface area contributed by atoms with E-state index in [4.69, 9.17) is 0 Å². The number of nitrogens with one attached hydrogen (secondary N) is 1. The molecule has 20 heavy (non-hydrogen) atoms. The van der Waals surface area contributed by atoms with Crippen LogP contribution in [-0.4, -0.2) is 41.0 Å². The van der Waals surface area contributed by atoms with Gasteiger partial charge in [0, 0.05) is 18.4 Å². The maximum absolute atomic E-state index is 4.44. The van der Waals surface area contributed by atoms with Gasteiger partial charge in [-0.3, -0.25) is 0 Å². The van der Waals surface area contributed by atoms with Crippen LogP contribution in [0, 0.1) is 19.8 Å². The molecule has 1 aliphatic heterocycles. The number of rotatable bonds is 6. The van der Waals surface area contributed by atoms with Crippen molar-refractivity contribution >= 4 is 5.95 Å². The zero-order valence-electron chi connectivity index (χ0n) is 13.2. The van der Waals surface area contributed by atoms with Gasteiger partial charge < -0.3 is 10.2 Å². The van der Waals surface area contributed by atoms with Gasteiger partial charge >= 0.3 is 0 Å². The van der Waals surface area contributed by atoms with Crippen LogP contribution < -0.4 is 5.32 Å². The summed E-state index contributed by atoms with van der Waals surface area (Å²) in [5, 5.41) is 3.32. The third kappa shape index (κ3) is 4.75. The van der Waals surface area contributed by atoms with E-state index >= 15 is 0 Å². The first-order valence-corrected chi connectivity index (χ1v) is 7.91. The molecule has 4 heteroatoms. The second-order valence-electron chi connectivity index (χ2n) is 6.12. The molecule has 112 valence electrons. The van der Waals surface area contributed by atoms with Crippen molar-refractivity contribution in [2.45, 2.75) is 46.5 Å². The van der Waals surface area contributed by atoms with E-state index in [1.165, 1.54) is 45.3 Å². The minimum absolute atomic E-state index is 0.764. The molecule has 0 spiro atoms. The van der Waals surface area contributed by atoms with Gasteiger partial charge in [0.15, 0.2) is 0 Å². The second-order valence-corrected chi connectivity index (χ2v) is 6.12. The van der Waals surface area contributed by atoms with Crippen LogP contribution in [0.1, 0.15) is 43.9 Å². The number of hydrogen-bond acceptors (Lipinski definition) is 4. The zero-order valence-corrected chi connectivity index (χ0v) is 13.2. The lowest BCUT2D eigenvalue weighted by atomic mass is 9.99. The van der Waals surface area contributed by atoms with Crippen LogP contribution in [0.3, 0.4) is 0 Å². The Labute approximate surface area is 123 Å². The number of aromatic nitrogens is 2. The highest BCUT2D eigenvalue weighted by Crippen LogP contribution is 2.16. The molecule has 1 aromatic rings. The van der Waals surface area contributed by atoms with Gasteiger partial charge in [-0.1, -0.05) is 6.92 Å². The number of likely N-dealkylation sites (tertiary alicyclic amines) is 1. The molecule has 1 fully saturated rings. The predicted molar refractivity (Wildman–Crippen MR) is 84.1 cm³/mol. The molecule has 1 aliphatic rings. The van der Waals surface area contributed by atoms with Gasteiger partial charge in [0.2, 0.25) is 5.95 Å². The van der Waals surface area contributed by atoms with Crippen molar-refractivity contribution in [3.8, 4) is 0 Å². The third-order valence-electron chi connectivity index (χ3n) is 4.29. The first-order chi connectivity index (χ1) is 9.65. The largest absolute Gasteiger partial charge is 0.354 e. The average molecular weight is 276 g/mol. The molecule has 0 aromatic carbocycles. The van der Waals surface area contributed by atoms with Crippen molar-refractivity contribution in [1.82, 2.24) is 14.9 Å². The van der Waals surface area contributed by atoms with Gasteiger partial charge in [-0.15, -0.1) is 0 Å². The van der Waals surface area contributed by atoms with E-state index in [1.807, 2.05) is 20.0 Å². The summed E-state index contributed by atoms with van der Waals surface area (Å²) in [7, 11) is 0. The normalized spacial score (nSPS) is 17.4. The standard InChI is InChI=1S/C16H28N4/c1-13-6-10-20(11-7-13)9-5-4-8-17-16-18-12-14(2)15(3)19-16/h12-13H,4-11H2,1-3H3,(H,17,18,19). The fourth-order valence-corrected chi connectivity index (χ4v) is 2.56. The summed E-state index contributed by atoms with van der Waals surface area (Å²) in [6.07, 6.45) is 7.07. The van der Waals surface area contributed by atoms with E-state index in [0.717, 1.165) is 29.7 Å². The molecule has 4 nitrogen and oxygen atoms in total. The third-order valence-corrected chi connectivity index (χ3v) is 4.29. The molecule has 2 heterocycles. The van der Waals surface area contributed by atoms with E-state index < -0.39 is 0 Å². The number of hydrogen-bond donors (Lipinski definition) is 1.